The molecule has 0 bridgehead atoms. The Labute approximate surface area is 102 Å². The van der Waals surface area contributed by atoms with Crippen LogP contribution >= 0.6 is 0 Å². The van der Waals surface area contributed by atoms with Gasteiger partial charge in [0.2, 0.25) is 0 Å². The first-order chi connectivity index (χ1) is 8.33. The molecule has 0 aliphatic heterocycles. The van der Waals surface area contributed by atoms with E-state index >= 15 is 0 Å². The van der Waals surface area contributed by atoms with Crippen molar-refractivity contribution < 1.29 is 14.6 Å². The van der Waals surface area contributed by atoms with Crippen LogP contribution in [-0.4, -0.2) is 37.6 Å². The summed E-state index contributed by atoms with van der Waals surface area (Å²) in [6.07, 6.45) is 0.843. The number of hydrogen-bond acceptors (Lipinski definition) is 4. The molecule has 94 valence electrons. The first-order valence-corrected chi connectivity index (χ1v) is 5.60. The molecular weight excluding hydrogens is 218 g/mol. The van der Waals surface area contributed by atoms with Gasteiger partial charge < -0.3 is 19.9 Å². The Hall–Kier alpha value is -1.52. The van der Waals surface area contributed by atoms with E-state index < -0.39 is 6.10 Å². The Bertz CT molecular complexity index is 303. The average molecular weight is 237 g/mol. The third-order valence-electron chi connectivity index (χ3n) is 2.09. The lowest BCUT2D eigenvalue weighted by molar-refractivity contribution is 0.0243. The van der Waals surface area contributed by atoms with Gasteiger partial charge in [0.1, 0.15) is 6.61 Å². The molecule has 0 aromatic heterocycles. The van der Waals surface area contributed by atoms with Gasteiger partial charge in [-0.2, -0.15) is 0 Å². The molecule has 1 aromatic rings. The maximum atomic E-state index is 9.62. The Morgan fingerprint density at radius 2 is 2.06 bits per heavy atom. The summed E-state index contributed by atoms with van der Waals surface area (Å²) in [5.41, 5.74) is 0.988. The summed E-state index contributed by atoms with van der Waals surface area (Å²) in [4.78, 5) is 0. The quantitative estimate of drug-likeness (QED) is 0.506. The molecule has 0 radical (unpaired) electrons. The van der Waals surface area contributed by atoms with Gasteiger partial charge in [-0.1, -0.05) is 24.8 Å². The van der Waals surface area contributed by atoms with E-state index in [2.05, 4.69) is 11.9 Å². The van der Waals surface area contributed by atoms with Crippen LogP contribution in [0.15, 0.2) is 43.2 Å². The number of rotatable bonds is 9. The Kier molecular flexibility index (Phi) is 6.86. The van der Waals surface area contributed by atoms with Gasteiger partial charge in [0.25, 0.3) is 0 Å². The fourth-order valence-electron chi connectivity index (χ4n) is 1.26. The lowest BCUT2D eigenvalue weighted by Crippen LogP contribution is -2.25. The summed E-state index contributed by atoms with van der Waals surface area (Å²) in [6.45, 7) is 5.09. The zero-order chi connectivity index (χ0) is 12.3. The van der Waals surface area contributed by atoms with E-state index in [4.69, 9.17) is 9.47 Å². The summed E-state index contributed by atoms with van der Waals surface area (Å²) < 4.78 is 10.1. The molecule has 2 N–H and O–H groups in total. The van der Waals surface area contributed by atoms with Gasteiger partial charge in [-0.25, -0.2) is 0 Å². The number of para-hydroxylation sites is 1. The number of ether oxygens (including phenoxy) is 2. The molecule has 0 saturated carbocycles. The zero-order valence-electron chi connectivity index (χ0n) is 9.84. The van der Waals surface area contributed by atoms with E-state index in [1.165, 1.54) is 6.26 Å². The molecule has 0 heterocycles. The molecule has 0 amide bonds. The first kappa shape index (κ1) is 13.5. The lowest BCUT2D eigenvalue weighted by Gasteiger charge is -2.13. The fourth-order valence-corrected chi connectivity index (χ4v) is 1.26. The minimum atomic E-state index is -0.529. The molecule has 0 aliphatic rings. The number of hydrogen-bond donors (Lipinski definition) is 2. The topological polar surface area (TPSA) is 50.7 Å². The molecule has 4 heteroatoms. The summed E-state index contributed by atoms with van der Waals surface area (Å²) in [6, 6.07) is 9.73. The molecule has 1 unspecified atom stereocenters. The second-order valence-corrected chi connectivity index (χ2v) is 3.51. The summed E-state index contributed by atoms with van der Waals surface area (Å²) in [7, 11) is 0. The predicted molar refractivity (Wildman–Crippen MR) is 67.9 cm³/mol. The van der Waals surface area contributed by atoms with E-state index in [9.17, 15) is 5.11 Å². The van der Waals surface area contributed by atoms with Crippen LogP contribution in [0.1, 0.15) is 0 Å². The number of aliphatic hydroxyl groups excluding tert-OH is 1. The minimum Gasteiger partial charge on any atom is -0.499 e. The van der Waals surface area contributed by atoms with Crippen molar-refractivity contribution in [2.45, 2.75) is 6.10 Å². The van der Waals surface area contributed by atoms with Crippen molar-refractivity contribution in [1.82, 2.24) is 0 Å². The van der Waals surface area contributed by atoms with Gasteiger partial charge in [0.05, 0.1) is 25.6 Å². The summed E-state index contributed by atoms with van der Waals surface area (Å²) in [5, 5.41) is 12.7. The van der Waals surface area contributed by atoms with Gasteiger partial charge in [-0.05, 0) is 12.1 Å². The first-order valence-electron chi connectivity index (χ1n) is 5.60. The van der Waals surface area contributed by atoms with E-state index in [-0.39, 0.29) is 0 Å². The molecule has 0 saturated heterocycles. The summed E-state index contributed by atoms with van der Waals surface area (Å²) in [5.74, 6) is 0. The summed E-state index contributed by atoms with van der Waals surface area (Å²) >= 11 is 0. The Balaban J connectivity index is 2.05. The van der Waals surface area contributed by atoms with Crippen LogP contribution in [0, 0.1) is 0 Å². The van der Waals surface area contributed by atoms with Crippen molar-refractivity contribution in [3.63, 3.8) is 0 Å². The molecule has 1 rings (SSSR count). The third-order valence-corrected chi connectivity index (χ3v) is 2.09. The second-order valence-electron chi connectivity index (χ2n) is 3.51. The Morgan fingerprint density at radius 1 is 1.29 bits per heavy atom. The van der Waals surface area contributed by atoms with Crippen molar-refractivity contribution in [2.24, 2.45) is 0 Å². The molecule has 1 atom stereocenters. The van der Waals surface area contributed by atoms with E-state index in [0.29, 0.717) is 26.4 Å². The highest BCUT2D eigenvalue weighted by Gasteiger charge is 2.03. The van der Waals surface area contributed by atoms with Crippen LogP contribution in [0.3, 0.4) is 0 Å². The molecule has 4 nitrogen and oxygen atoms in total. The maximum absolute atomic E-state index is 9.62. The molecular formula is C13H19NO3. The SMILES string of the molecule is C=COCCOCC(O)CNc1ccccc1. The van der Waals surface area contributed by atoms with E-state index in [0.717, 1.165) is 5.69 Å². The largest absolute Gasteiger partial charge is 0.499 e. The van der Waals surface area contributed by atoms with Crippen molar-refractivity contribution in [1.29, 1.82) is 0 Å². The highest BCUT2D eigenvalue weighted by Crippen LogP contribution is 2.04. The molecule has 0 spiro atoms. The zero-order valence-corrected chi connectivity index (χ0v) is 9.84. The number of aliphatic hydroxyl groups is 1. The van der Waals surface area contributed by atoms with E-state index in [1.54, 1.807) is 0 Å². The average Bonchev–Trinajstić information content (AvgIpc) is 2.37. The Morgan fingerprint density at radius 3 is 2.76 bits per heavy atom. The lowest BCUT2D eigenvalue weighted by atomic mass is 10.3. The number of anilines is 1. The van der Waals surface area contributed by atoms with Crippen LogP contribution in [-0.2, 0) is 9.47 Å². The van der Waals surface area contributed by atoms with Crippen LogP contribution in [0.4, 0.5) is 5.69 Å². The highest BCUT2D eigenvalue weighted by molar-refractivity contribution is 5.42. The van der Waals surface area contributed by atoms with Crippen molar-refractivity contribution in [2.75, 3.05) is 31.7 Å². The van der Waals surface area contributed by atoms with Crippen molar-refractivity contribution in [3.05, 3.63) is 43.2 Å². The van der Waals surface area contributed by atoms with Gasteiger partial charge in [0, 0.05) is 12.2 Å². The van der Waals surface area contributed by atoms with Crippen LogP contribution in [0.5, 0.6) is 0 Å². The van der Waals surface area contributed by atoms with Crippen LogP contribution < -0.4 is 5.32 Å². The number of benzene rings is 1. The number of nitrogens with one attached hydrogen (secondary N) is 1. The highest BCUT2D eigenvalue weighted by atomic mass is 16.5. The standard InChI is InChI=1S/C13H19NO3/c1-2-16-8-9-17-11-13(15)10-14-12-6-4-3-5-7-12/h2-7,13-15H,1,8-11H2. The molecule has 0 fully saturated rings. The van der Waals surface area contributed by atoms with Crippen molar-refractivity contribution >= 4 is 5.69 Å². The van der Waals surface area contributed by atoms with Gasteiger partial charge in [0.15, 0.2) is 0 Å². The van der Waals surface area contributed by atoms with Gasteiger partial charge in [-0.3, -0.25) is 0 Å². The van der Waals surface area contributed by atoms with Crippen LogP contribution in [0.25, 0.3) is 0 Å². The molecule has 17 heavy (non-hydrogen) atoms. The van der Waals surface area contributed by atoms with Gasteiger partial charge >= 0.3 is 0 Å². The van der Waals surface area contributed by atoms with Crippen LogP contribution in [0.2, 0.25) is 0 Å². The second kappa shape index (κ2) is 8.61. The fraction of sp³-hybridized carbons (Fsp3) is 0.385. The predicted octanol–water partition coefficient (Wildman–Crippen LogP) is 1.64. The third kappa shape index (κ3) is 6.60. The molecule has 0 aliphatic carbocycles. The smallest absolute Gasteiger partial charge is 0.111 e. The van der Waals surface area contributed by atoms with Gasteiger partial charge in [-0.15, -0.1) is 0 Å². The normalized spacial score (nSPS) is 11.8. The minimum absolute atomic E-state index is 0.292. The maximum Gasteiger partial charge on any atom is 0.111 e. The van der Waals surface area contributed by atoms with Crippen molar-refractivity contribution in [3.8, 4) is 0 Å². The monoisotopic (exact) mass is 237 g/mol. The van der Waals surface area contributed by atoms with E-state index in [1.807, 2.05) is 30.3 Å². The molecule has 1 aromatic carbocycles.